The highest BCUT2D eigenvalue weighted by Gasteiger charge is 2.28. The smallest absolute Gasteiger partial charge is 0.413 e. The van der Waals surface area contributed by atoms with Gasteiger partial charge in [0, 0.05) is 0 Å². The fourth-order valence-electron chi connectivity index (χ4n) is 2.04. The van der Waals surface area contributed by atoms with Gasteiger partial charge in [-0.05, 0) is 31.5 Å². The summed E-state index contributed by atoms with van der Waals surface area (Å²) in [5, 5.41) is 4.58. The van der Waals surface area contributed by atoms with Gasteiger partial charge >= 0.3 is 12.1 Å². The minimum absolute atomic E-state index is 0.0214. The number of amides is 3. The molecule has 138 valence electrons. The van der Waals surface area contributed by atoms with Crippen LogP contribution in [0.15, 0.2) is 22.8 Å². The van der Waals surface area contributed by atoms with Crippen molar-refractivity contribution in [3.05, 3.63) is 40.2 Å². The second kappa shape index (κ2) is 8.30. The molecule has 9 nitrogen and oxygen atoms in total. The number of rotatable bonds is 5. The fourth-order valence-corrected chi connectivity index (χ4v) is 3.14. The van der Waals surface area contributed by atoms with Crippen molar-refractivity contribution in [2.75, 3.05) is 19.0 Å². The van der Waals surface area contributed by atoms with Crippen LogP contribution in [0.1, 0.15) is 43.1 Å². The van der Waals surface area contributed by atoms with E-state index in [2.05, 4.69) is 10.1 Å². The first-order valence-electron chi connectivity index (χ1n) is 7.43. The Kier molecular flexibility index (Phi) is 6.12. The number of carbonyl (C=O) groups is 4. The lowest BCUT2D eigenvalue weighted by atomic mass is 10.1. The first kappa shape index (κ1) is 19.2. The Hall–Kier alpha value is -3.14. The Morgan fingerprint density at radius 1 is 1.23 bits per heavy atom. The van der Waals surface area contributed by atoms with Crippen LogP contribution in [0.25, 0.3) is 0 Å². The number of furan rings is 1. The molecule has 0 bridgehead atoms. The summed E-state index contributed by atoms with van der Waals surface area (Å²) in [5.74, 6) is -2.05. The van der Waals surface area contributed by atoms with Crippen molar-refractivity contribution in [3.63, 3.8) is 0 Å². The van der Waals surface area contributed by atoms with Crippen LogP contribution < -0.4 is 10.6 Å². The van der Waals surface area contributed by atoms with Crippen LogP contribution in [0, 0.1) is 6.92 Å². The van der Waals surface area contributed by atoms with Gasteiger partial charge in [0.05, 0.1) is 25.5 Å². The largest absolute Gasteiger partial charge is 0.462 e. The summed E-state index contributed by atoms with van der Waals surface area (Å²) in [6.45, 7) is 3.30. The molecule has 0 aliphatic rings. The first-order valence-corrected chi connectivity index (χ1v) is 8.25. The number of carbonyl (C=O) groups excluding carboxylic acids is 4. The third-order valence-electron chi connectivity index (χ3n) is 3.21. The highest BCUT2D eigenvalue weighted by atomic mass is 32.1. The number of hydrogen-bond acceptors (Lipinski definition) is 8. The summed E-state index contributed by atoms with van der Waals surface area (Å²) in [5.41, 5.74) is 0.230. The molecule has 10 heteroatoms. The number of esters is 1. The van der Waals surface area contributed by atoms with Crippen LogP contribution in [0.2, 0.25) is 0 Å². The number of imide groups is 1. The average Bonchev–Trinajstić information content (AvgIpc) is 3.23. The molecular formula is C16H16N2O7S. The van der Waals surface area contributed by atoms with Crippen molar-refractivity contribution in [3.8, 4) is 0 Å². The van der Waals surface area contributed by atoms with E-state index in [0.29, 0.717) is 0 Å². The fraction of sp³-hybridized carbons (Fsp3) is 0.250. The van der Waals surface area contributed by atoms with Gasteiger partial charge in [-0.15, -0.1) is 11.3 Å². The molecule has 0 spiro atoms. The van der Waals surface area contributed by atoms with Gasteiger partial charge in [-0.1, -0.05) is 0 Å². The predicted octanol–water partition coefficient (Wildman–Crippen LogP) is 2.57. The number of methoxy groups -OCH3 is 1. The summed E-state index contributed by atoms with van der Waals surface area (Å²) < 4.78 is 14.3. The quantitative estimate of drug-likeness (QED) is 0.764. The Morgan fingerprint density at radius 2 is 1.96 bits per heavy atom. The molecular weight excluding hydrogens is 364 g/mol. The third kappa shape index (κ3) is 4.09. The summed E-state index contributed by atoms with van der Waals surface area (Å²) >= 11 is 0.862. The van der Waals surface area contributed by atoms with Crippen molar-refractivity contribution in [2.24, 2.45) is 0 Å². The Morgan fingerprint density at radius 3 is 2.54 bits per heavy atom. The van der Waals surface area contributed by atoms with E-state index in [-0.39, 0.29) is 33.4 Å². The van der Waals surface area contributed by atoms with E-state index in [1.165, 1.54) is 25.3 Å². The molecule has 2 aromatic heterocycles. The second-order valence-corrected chi connectivity index (χ2v) is 5.88. The Bertz CT molecular complexity index is 839. The average molecular weight is 380 g/mol. The topological polar surface area (TPSA) is 124 Å². The molecule has 0 unspecified atom stereocenters. The van der Waals surface area contributed by atoms with E-state index < -0.39 is 23.9 Å². The van der Waals surface area contributed by atoms with E-state index >= 15 is 0 Å². The number of anilines is 1. The molecule has 0 aliphatic carbocycles. The second-order valence-electron chi connectivity index (χ2n) is 4.86. The number of ether oxygens (including phenoxy) is 2. The third-order valence-corrected chi connectivity index (χ3v) is 4.39. The van der Waals surface area contributed by atoms with Gasteiger partial charge in [0.15, 0.2) is 5.76 Å². The number of hydrogen-bond donors (Lipinski definition) is 2. The molecule has 2 N–H and O–H groups in total. The normalized spacial score (nSPS) is 10.1. The van der Waals surface area contributed by atoms with Crippen molar-refractivity contribution in [1.82, 2.24) is 5.32 Å². The zero-order chi connectivity index (χ0) is 19.3. The van der Waals surface area contributed by atoms with Gasteiger partial charge in [0.2, 0.25) is 0 Å². The van der Waals surface area contributed by atoms with E-state index in [1.807, 2.05) is 5.32 Å². The molecule has 3 amide bonds. The molecule has 2 rings (SSSR count). The van der Waals surface area contributed by atoms with Gasteiger partial charge in [-0.3, -0.25) is 14.9 Å². The minimum atomic E-state index is -0.971. The van der Waals surface area contributed by atoms with Crippen LogP contribution in [0.5, 0.6) is 0 Å². The molecule has 26 heavy (non-hydrogen) atoms. The minimum Gasteiger partial charge on any atom is -0.462 e. The van der Waals surface area contributed by atoms with Gasteiger partial charge in [-0.2, -0.15) is 0 Å². The van der Waals surface area contributed by atoms with E-state index in [0.717, 1.165) is 18.4 Å². The molecule has 2 heterocycles. The number of thiophene rings is 1. The molecule has 2 aromatic rings. The van der Waals surface area contributed by atoms with E-state index in [1.54, 1.807) is 6.92 Å². The van der Waals surface area contributed by atoms with Crippen LogP contribution >= 0.6 is 11.3 Å². The SMILES string of the molecule is CCOC(=O)c1sc(NC(=O)c2ccco2)c(C(=O)NC(=O)OC)c1C. The van der Waals surface area contributed by atoms with Crippen LogP contribution in [-0.4, -0.2) is 37.6 Å². The zero-order valence-corrected chi connectivity index (χ0v) is 15.0. The predicted molar refractivity (Wildman–Crippen MR) is 91.5 cm³/mol. The molecule has 0 aromatic carbocycles. The maximum atomic E-state index is 12.4. The summed E-state index contributed by atoms with van der Waals surface area (Å²) in [6, 6.07) is 2.97. The molecule has 0 atom stereocenters. The molecule has 0 aliphatic heterocycles. The van der Waals surface area contributed by atoms with Gasteiger partial charge in [0.1, 0.15) is 9.88 Å². The van der Waals surface area contributed by atoms with Gasteiger partial charge < -0.3 is 19.2 Å². The lowest BCUT2D eigenvalue weighted by Gasteiger charge is -2.06. The highest BCUT2D eigenvalue weighted by molar-refractivity contribution is 7.18. The Balaban J connectivity index is 2.41. The maximum absolute atomic E-state index is 12.4. The highest BCUT2D eigenvalue weighted by Crippen LogP contribution is 2.34. The maximum Gasteiger partial charge on any atom is 0.413 e. The monoisotopic (exact) mass is 380 g/mol. The standard InChI is InChI=1S/C16H16N2O7S/c1-4-24-15(21)11-8(2)10(13(20)18-16(22)23-3)14(26-11)17-12(19)9-6-5-7-25-9/h5-7H,4H2,1-3H3,(H,17,19)(H,18,20,22). The Labute approximate surface area is 152 Å². The van der Waals surface area contributed by atoms with Gasteiger partial charge in [-0.25, -0.2) is 9.59 Å². The molecule has 0 fully saturated rings. The molecule has 0 radical (unpaired) electrons. The molecule has 0 saturated heterocycles. The van der Waals surface area contributed by atoms with E-state index in [4.69, 9.17) is 9.15 Å². The lowest BCUT2D eigenvalue weighted by Crippen LogP contribution is -2.31. The van der Waals surface area contributed by atoms with Crippen LogP contribution in [0.3, 0.4) is 0 Å². The number of nitrogens with one attached hydrogen (secondary N) is 2. The van der Waals surface area contributed by atoms with Crippen molar-refractivity contribution < 1.29 is 33.1 Å². The molecule has 0 saturated carbocycles. The van der Waals surface area contributed by atoms with Crippen molar-refractivity contribution >= 4 is 40.2 Å². The van der Waals surface area contributed by atoms with Crippen molar-refractivity contribution in [2.45, 2.75) is 13.8 Å². The van der Waals surface area contributed by atoms with Gasteiger partial charge in [0.25, 0.3) is 11.8 Å². The summed E-state index contributed by atoms with van der Waals surface area (Å²) in [6.07, 6.45) is 0.352. The van der Waals surface area contributed by atoms with Crippen LogP contribution in [0.4, 0.5) is 9.80 Å². The van der Waals surface area contributed by atoms with Crippen LogP contribution in [-0.2, 0) is 9.47 Å². The lowest BCUT2D eigenvalue weighted by molar-refractivity contribution is 0.0531. The van der Waals surface area contributed by atoms with E-state index in [9.17, 15) is 19.2 Å². The zero-order valence-electron chi connectivity index (χ0n) is 14.2. The first-order chi connectivity index (χ1) is 12.4. The summed E-state index contributed by atoms with van der Waals surface area (Å²) in [4.78, 5) is 48.1. The number of alkyl carbamates (subject to hydrolysis) is 1. The van der Waals surface area contributed by atoms with Crippen molar-refractivity contribution in [1.29, 1.82) is 0 Å². The summed E-state index contributed by atoms with van der Waals surface area (Å²) in [7, 11) is 1.10.